The first-order valence-corrected chi connectivity index (χ1v) is 13.6. The highest BCUT2D eigenvalue weighted by Crippen LogP contribution is 2.39. The molecule has 1 spiro atoms. The third kappa shape index (κ3) is 5.66. The van der Waals surface area contributed by atoms with Gasteiger partial charge in [-0.15, -0.1) is 0 Å². The van der Waals surface area contributed by atoms with Crippen LogP contribution in [0.5, 0.6) is 0 Å². The summed E-state index contributed by atoms with van der Waals surface area (Å²) in [6.45, 7) is 3.10. The molecule has 3 aromatic carbocycles. The molecule has 0 saturated carbocycles. The van der Waals surface area contributed by atoms with E-state index < -0.39 is 11.8 Å². The van der Waals surface area contributed by atoms with Gasteiger partial charge in [-0.3, -0.25) is 19.3 Å². The first-order valence-electron chi connectivity index (χ1n) is 12.9. The van der Waals surface area contributed by atoms with Gasteiger partial charge in [0.05, 0.1) is 16.7 Å². The molecule has 0 radical (unpaired) electrons. The van der Waals surface area contributed by atoms with Crippen LogP contribution in [0.1, 0.15) is 44.7 Å². The van der Waals surface area contributed by atoms with Crippen LogP contribution in [-0.2, 0) is 16.1 Å². The molecule has 2 aliphatic rings. The van der Waals surface area contributed by atoms with Gasteiger partial charge in [0.25, 0.3) is 11.8 Å². The van der Waals surface area contributed by atoms with Crippen LogP contribution in [0.15, 0.2) is 72.8 Å². The van der Waals surface area contributed by atoms with Crippen molar-refractivity contribution in [1.29, 1.82) is 0 Å². The minimum absolute atomic E-state index is 0.0823. The van der Waals surface area contributed by atoms with E-state index in [1.54, 1.807) is 40.1 Å². The van der Waals surface area contributed by atoms with Crippen LogP contribution in [0.4, 0.5) is 0 Å². The second-order valence-corrected chi connectivity index (χ2v) is 10.8. The molecule has 39 heavy (non-hydrogen) atoms. The summed E-state index contributed by atoms with van der Waals surface area (Å²) in [5.41, 5.74) is 1.93. The van der Waals surface area contributed by atoms with Crippen molar-refractivity contribution < 1.29 is 19.1 Å². The first kappa shape index (κ1) is 27.2. The number of nitrogens with zero attached hydrogens (tertiary/aromatic N) is 2. The second-order valence-electron chi connectivity index (χ2n) is 9.94. The van der Waals surface area contributed by atoms with Crippen molar-refractivity contribution in [1.82, 2.24) is 15.1 Å². The average molecular weight is 566 g/mol. The second kappa shape index (κ2) is 11.4. The molecule has 3 aromatic rings. The number of aryl methyl sites for hydroxylation is 1. The number of likely N-dealkylation sites (tertiary alicyclic amines) is 1. The minimum Gasteiger partial charge on any atom is -0.353 e. The molecule has 1 atom stereocenters. The number of ether oxygens (including phenoxy) is 1. The van der Waals surface area contributed by atoms with Crippen molar-refractivity contribution in [3.8, 4) is 0 Å². The molecule has 0 unspecified atom stereocenters. The summed E-state index contributed by atoms with van der Waals surface area (Å²) in [5.74, 6) is -0.711. The molecule has 7 nitrogen and oxygen atoms in total. The largest absolute Gasteiger partial charge is 0.353 e. The fourth-order valence-corrected chi connectivity index (χ4v) is 5.47. The number of nitrogens with one attached hydrogen (secondary N) is 1. The van der Waals surface area contributed by atoms with Crippen molar-refractivity contribution in [3.63, 3.8) is 0 Å². The average Bonchev–Trinajstić information content (AvgIpc) is 3.32. The highest BCUT2D eigenvalue weighted by Gasteiger charge is 2.54. The van der Waals surface area contributed by atoms with Crippen molar-refractivity contribution in [2.75, 3.05) is 19.7 Å². The van der Waals surface area contributed by atoms with E-state index in [2.05, 4.69) is 5.32 Å². The lowest BCUT2D eigenvalue weighted by Crippen LogP contribution is -2.59. The Bertz CT molecular complexity index is 1370. The van der Waals surface area contributed by atoms with Crippen molar-refractivity contribution >= 4 is 40.9 Å². The van der Waals surface area contributed by atoms with Crippen LogP contribution in [0.2, 0.25) is 10.0 Å². The predicted molar refractivity (Wildman–Crippen MR) is 150 cm³/mol. The van der Waals surface area contributed by atoms with Gasteiger partial charge < -0.3 is 15.0 Å². The molecule has 0 bridgehead atoms. The maximum Gasteiger partial charge on any atom is 0.256 e. The normalized spacial score (nSPS) is 18.3. The molecule has 1 N–H and O–H groups in total. The number of benzene rings is 3. The predicted octanol–water partition coefficient (Wildman–Crippen LogP) is 5.09. The third-order valence-electron chi connectivity index (χ3n) is 7.39. The van der Waals surface area contributed by atoms with Crippen LogP contribution in [0.25, 0.3) is 0 Å². The van der Waals surface area contributed by atoms with Gasteiger partial charge in [0.2, 0.25) is 5.91 Å². The summed E-state index contributed by atoms with van der Waals surface area (Å²) in [5, 5.41) is 3.66. The molecular weight excluding hydrogens is 537 g/mol. The number of halogens is 2. The summed E-state index contributed by atoms with van der Waals surface area (Å²) >= 11 is 12.1. The Kier molecular flexibility index (Phi) is 7.93. The molecule has 2 saturated heterocycles. The fourth-order valence-electron chi connectivity index (χ4n) is 5.18. The van der Waals surface area contributed by atoms with Crippen molar-refractivity contribution in [3.05, 3.63) is 105 Å². The van der Waals surface area contributed by atoms with Gasteiger partial charge in [0, 0.05) is 43.6 Å². The van der Waals surface area contributed by atoms with E-state index >= 15 is 0 Å². The maximum absolute atomic E-state index is 13.9. The van der Waals surface area contributed by atoms with Gasteiger partial charge in [-0.25, -0.2) is 0 Å². The zero-order chi connectivity index (χ0) is 27.6. The van der Waals surface area contributed by atoms with E-state index in [0.717, 1.165) is 11.1 Å². The van der Waals surface area contributed by atoms with Gasteiger partial charge in [-0.05, 0) is 42.8 Å². The molecular formula is C30H29Cl2N3O4. The first-order chi connectivity index (χ1) is 18.8. The van der Waals surface area contributed by atoms with Gasteiger partial charge in [0.1, 0.15) is 11.8 Å². The molecule has 2 aliphatic heterocycles. The zero-order valence-corrected chi connectivity index (χ0v) is 23.0. The summed E-state index contributed by atoms with van der Waals surface area (Å²) in [4.78, 5) is 43.8. The smallest absolute Gasteiger partial charge is 0.256 e. The number of carbonyl (C=O) groups is 3. The SMILES string of the molecule is Cc1ccc(C(=O)N2[C@@H](C(=O)NCc3ccccc3)COC23CCN(C(=O)c2ccc(Cl)c(Cl)c2)CC3)cc1. The molecule has 5 rings (SSSR count). The Morgan fingerprint density at radius 1 is 0.897 bits per heavy atom. The monoisotopic (exact) mass is 565 g/mol. The molecule has 202 valence electrons. The fraction of sp³-hybridized carbons (Fsp3) is 0.300. The van der Waals surface area contributed by atoms with Crippen LogP contribution in [0.3, 0.4) is 0 Å². The van der Waals surface area contributed by atoms with E-state index in [-0.39, 0.29) is 24.3 Å². The zero-order valence-electron chi connectivity index (χ0n) is 21.5. The molecule has 0 aliphatic carbocycles. The number of carbonyl (C=O) groups excluding carboxylic acids is 3. The summed E-state index contributed by atoms with van der Waals surface area (Å²) in [6.07, 6.45) is 0.750. The standard InChI is InChI=1S/C30H29Cl2N3O4/c1-20-7-9-22(10-8-20)29(38)35-26(27(36)33-18-21-5-3-2-4-6-21)19-39-30(35)13-15-34(16-14-30)28(37)23-11-12-24(31)25(32)17-23/h2-12,17,26H,13-16,18-19H2,1H3,(H,33,36)/t26-/m1/s1. The Hall–Kier alpha value is -3.39. The van der Waals surface area contributed by atoms with E-state index in [1.807, 2.05) is 49.4 Å². The van der Waals surface area contributed by atoms with Gasteiger partial charge in [-0.2, -0.15) is 0 Å². The van der Waals surface area contributed by atoms with Crippen LogP contribution in [0, 0.1) is 6.92 Å². The summed E-state index contributed by atoms with van der Waals surface area (Å²) < 4.78 is 6.28. The van der Waals surface area contributed by atoms with Gasteiger partial charge in [0.15, 0.2) is 0 Å². The van der Waals surface area contributed by atoms with Crippen molar-refractivity contribution in [2.45, 2.75) is 38.1 Å². The summed E-state index contributed by atoms with van der Waals surface area (Å²) in [7, 11) is 0. The molecule has 2 heterocycles. The molecule has 9 heteroatoms. The minimum atomic E-state index is -0.995. The van der Waals surface area contributed by atoms with Crippen molar-refractivity contribution in [2.24, 2.45) is 0 Å². The topological polar surface area (TPSA) is 79.0 Å². The molecule has 0 aromatic heterocycles. The summed E-state index contributed by atoms with van der Waals surface area (Å²) in [6, 6.07) is 20.9. The Balaban J connectivity index is 1.36. The Morgan fingerprint density at radius 2 is 1.56 bits per heavy atom. The number of hydrogen-bond acceptors (Lipinski definition) is 4. The third-order valence-corrected chi connectivity index (χ3v) is 8.13. The lowest BCUT2D eigenvalue weighted by Gasteiger charge is -2.44. The Morgan fingerprint density at radius 3 is 2.23 bits per heavy atom. The quantitative estimate of drug-likeness (QED) is 0.467. The molecule has 2 fully saturated rings. The van der Waals surface area contributed by atoms with E-state index in [0.29, 0.717) is 53.6 Å². The van der Waals surface area contributed by atoms with Gasteiger partial charge >= 0.3 is 0 Å². The number of piperidine rings is 1. The maximum atomic E-state index is 13.9. The number of hydrogen-bond donors (Lipinski definition) is 1. The highest BCUT2D eigenvalue weighted by atomic mass is 35.5. The van der Waals surface area contributed by atoms with Crippen LogP contribution < -0.4 is 5.32 Å². The van der Waals surface area contributed by atoms with Crippen LogP contribution in [-0.4, -0.2) is 59.0 Å². The lowest BCUT2D eigenvalue weighted by molar-refractivity contribution is -0.128. The highest BCUT2D eigenvalue weighted by molar-refractivity contribution is 6.42. The number of rotatable bonds is 5. The number of amides is 3. The van der Waals surface area contributed by atoms with E-state index in [1.165, 1.54) is 0 Å². The van der Waals surface area contributed by atoms with E-state index in [4.69, 9.17) is 27.9 Å². The van der Waals surface area contributed by atoms with Crippen LogP contribution >= 0.6 is 23.2 Å². The Labute approximate surface area is 237 Å². The van der Waals surface area contributed by atoms with Gasteiger partial charge in [-0.1, -0.05) is 71.2 Å². The molecule has 3 amide bonds. The van der Waals surface area contributed by atoms with E-state index in [9.17, 15) is 14.4 Å². The lowest BCUT2D eigenvalue weighted by atomic mass is 9.96.